The van der Waals surface area contributed by atoms with E-state index in [4.69, 9.17) is 0 Å². The van der Waals surface area contributed by atoms with Crippen LogP contribution >= 0.6 is 27.7 Å². The number of carboxylic acids is 1. The number of aromatic carboxylic acids is 1. The zero-order chi connectivity index (χ0) is 15.2. The highest BCUT2D eigenvalue weighted by Crippen LogP contribution is 2.20. The van der Waals surface area contributed by atoms with Gasteiger partial charge in [0.15, 0.2) is 0 Å². The molecular formula is C14H10BrN2O3S-. The minimum absolute atomic E-state index is 0.0149. The second-order valence-electron chi connectivity index (χ2n) is 3.99. The lowest BCUT2D eigenvalue weighted by Gasteiger charge is -2.09. The van der Waals surface area contributed by atoms with E-state index >= 15 is 0 Å². The zero-order valence-electron chi connectivity index (χ0n) is 10.7. The summed E-state index contributed by atoms with van der Waals surface area (Å²) in [5, 5.41) is 13.9. The maximum absolute atomic E-state index is 11.8. The van der Waals surface area contributed by atoms with E-state index in [-0.39, 0.29) is 22.2 Å². The molecule has 21 heavy (non-hydrogen) atoms. The van der Waals surface area contributed by atoms with Crippen LogP contribution in [0.1, 0.15) is 10.4 Å². The van der Waals surface area contributed by atoms with Crippen molar-refractivity contribution in [3.8, 4) is 0 Å². The number of thioether (sulfide) groups is 1. The van der Waals surface area contributed by atoms with Crippen molar-refractivity contribution in [1.29, 1.82) is 0 Å². The Kier molecular flexibility index (Phi) is 5.35. The van der Waals surface area contributed by atoms with Gasteiger partial charge < -0.3 is 15.2 Å². The number of nitrogens with zero attached hydrogens (tertiary/aromatic N) is 1. The summed E-state index contributed by atoms with van der Waals surface area (Å²) in [6.45, 7) is 0. The molecule has 2 rings (SSSR count). The zero-order valence-corrected chi connectivity index (χ0v) is 13.1. The molecule has 1 heterocycles. The number of carbonyl (C=O) groups excluding carboxylic acids is 2. The number of rotatable bonds is 5. The fraction of sp³-hybridized carbons (Fsp3) is 0.0714. The Morgan fingerprint density at radius 1 is 1.24 bits per heavy atom. The van der Waals surface area contributed by atoms with Crippen LogP contribution in [0, 0.1) is 0 Å². The van der Waals surface area contributed by atoms with Crippen LogP contribution in [0.2, 0.25) is 0 Å². The highest BCUT2D eigenvalue weighted by molar-refractivity contribution is 9.10. The quantitative estimate of drug-likeness (QED) is 0.818. The van der Waals surface area contributed by atoms with Gasteiger partial charge in [0.25, 0.3) is 0 Å². The number of amides is 1. The molecule has 0 saturated carbocycles. The lowest BCUT2D eigenvalue weighted by molar-refractivity contribution is -0.255. The molecule has 0 aliphatic heterocycles. The Balaban J connectivity index is 1.95. The fourth-order valence-electron chi connectivity index (χ4n) is 1.53. The minimum Gasteiger partial charge on any atom is -0.545 e. The van der Waals surface area contributed by atoms with Gasteiger partial charge in [0.2, 0.25) is 5.91 Å². The second-order valence-corrected chi connectivity index (χ2v) is 5.87. The Bertz CT molecular complexity index is 662. The first-order chi connectivity index (χ1) is 10.1. The predicted molar refractivity (Wildman–Crippen MR) is 82.1 cm³/mol. The first-order valence-corrected chi connectivity index (χ1v) is 7.68. The van der Waals surface area contributed by atoms with Gasteiger partial charge >= 0.3 is 0 Å². The number of nitrogens with one attached hydrogen (secondary N) is 1. The van der Waals surface area contributed by atoms with E-state index in [9.17, 15) is 14.7 Å². The monoisotopic (exact) mass is 365 g/mol. The number of carboxylic acid groups (broad SMARTS) is 1. The van der Waals surface area contributed by atoms with Crippen LogP contribution in [0.15, 0.2) is 52.1 Å². The molecule has 1 amide bonds. The summed E-state index contributed by atoms with van der Waals surface area (Å²) >= 11 is 4.36. The molecule has 1 aromatic heterocycles. The lowest BCUT2D eigenvalue weighted by atomic mass is 10.3. The van der Waals surface area contributed by atoms with Crippen LogP contribution in [-0.4, -0.2) is 22.6 Å². The van der Waals surface area contributed by atoms with Crippen LogP contribution in [0.25, 0.3) is 0 Å². The molecule has 7 heteroatoms. The first-order valence-electron chi connectivity index (χ1n) is 5.91. The van der Waals surface area contributed by atoms with Crippen molar-refractivity contribution in [2.45, 2.75) is 5.03 Å². The van der Waals surface area contributed by atoms with Gasteiger partial charge in [-0.2, -0.15) is 0 Å². The summed E-state index contributed by atoms with van der Waals surface area (Å²) in [7, 11) is 0. The minimum atomic E-state index is -1.31. The Labute approximate surface area is 133 Å². The smallest absolute Gasteiger partial charge is 0.234 e. The Hall–Kier alpha value is -1.86. The third kappa shape index (κ3) is 4.57. The summed E-state index contributed by atoms with van der Waals surface area (Å²) in [5.74, 6) is -1.48. The molecule has 0 aliphatic carbocycles. The summed E-state index contributed by atoms with van der Waals surface area (Å²) in [6, 6.07) is 10.1. The number of anilines is 1. The SMILES string of the molecule is O=C(CSc1ncccc1C(=O)[O-])Nc1ccc(Br)cc1. The van der Waals surface area contributed by atoms with Crippen molar-refractivity contribution < 1.29 is 14.7 Å². The van der Waals surface area contributed by atoms with E-state index < -0.39 is 5.97 Å². The topological polar surface area (TPSA) is 82.1 Å². The molecule has 0 unspecified atom stereocenters. The first kappa shape index (κ1) is 15.5. The van der Waals surface area contributed by atoms with E-state index in [0.29, 0.717) is 5.69 Å². The summed E-state index contributed by atoms with van der Waals surface area (Å²) in [6.07, 6.45) is 1.47. The van der Waals surface area contributed by atoms with Gasteiger partial charge in [-0.05, 0) is 36.4 Å². The third-order valence-corrected chi connectivity index (χ3v) is 3.99. The van der Waals surface area contributed by atoms with Gasteiger partial charge in [0, 0.05) is 21.9 Å². The summed E-state index contributed by atoms with van der Waals surface area (Å²) in [5.41, 5.74) is 0.656. The average molecular weight is 366 g/mol. The molecule has 0 radical (unpaired) electrons. The highest BCUT2D eigenvalue weighted by atomic mass is 79.9. The molecule has 0 aliphatic rings. The van der Waals surface area contributed by atoms with Crippen molar-refractivity contribution in [2.75, 3.05) is 11.1 Å². The third-order valence-electron chi connectivity index (χ3n) is 2.46. The number of halogens is 1. The van der Waals surface area contributed by atoms with Crippen LogP contribution in [0.4, 0.5) is 5.69 Å². The van der Waals surface area contributed by atoms with E-state index in [1.54, 1.807) is 12.1 Å². The van der Waals surface area contributed by atoms with E-state index in [0.717, 1.165) is 16.2 Å². The largest absolute Gasteiger partial charge is 0.545 e. The molecule has 0 bridgehead atoms. The van der Waals surface area contributed by atoms with Gasteiger partial charge in [-0.1, -0.05) is 27.7 Å². The Morgan fingerprint density at radius 2 is 1.95 bits per heavy atom. The number of hydrogen-bond donors (Lipinski definition) is 1. The lowest BCUT2D eigenvalue weighted by Crippen LogP contribution is -2.23. The van der Waals surface area contributed by atoms with Gasteiger partial charge in [-0.3, -0.25) is 4.79 Å². The van der Waals surface area contributed by atoms with Crippen molar-refractivity contribution in [1.82, 2.24) is 4.98 Å². The summed E-state index contributed by atoms with van der Waals surface area (Å²) < 4.78 is 0.918. The highest BCUT2D eigenvalue weighted by Gasteiger charge is 2.08. The van der Waals surface area contributed by atoms with E-state index in [1.807, 2.05) is 12.1 Å². The average Bonchev–Trinajstić information content (AvgIpc) is 2.48. The van der Waals surface area contributed by atoms with E-state index in [1.165, 1.54) is 18.3 Å². The van der Waals surface area contributed by atoms with Crippen LogP contribution in [0.5, 0.6) is 0 Å². The van der Waals surface area contributed by atoms with Crippen LogP contribution in [0.3, 0.4) is 0 Å². The number of hydrogen-bond acceptors (Lipinski definition) is 5. The molecule has 0 fully saturated rings. The molecule has 2 aromatic rings. The molecule has 0 atom stereocenters. The predicted octanol–water partition coefficient (Wildman–Crippen LogP) is 1.94. The van der Waals surface area contributed by atoms with Crippen LogP contribution in [-0.2, 0) is 4.79 Å². The molecular weight excluding hydrogens is 356 g/mol. The fourth-order valence-corrected chi connectivity index (χ4v) is 2.57. The summed E-state index contributed by atoms with van der Waals surface area (Å²) in [4.78, 5) is 26.7. The molecule has 0 spiro atoms. The van der Waals surface area contributed by atoms with Crippen LogP contribution < -0.4 is 10.4 Å². The molecule has 5 nitrogen and oxygen atoms in total. The van der Waals surface area contributed by atoms with Crippen molar-refractivity contribution in [3.05, 3.63) is 52.6 Å². The van der Waals surface area contributed by atoms with Gasteiger partial charge in [-0.25, -0.2) is 4.98 Å². The Morgan fingerprint density at radius 3 is 2.62 bits per heavy atom. The van der Waals surface area contributed by atoms with E-state index in [2.05, 4.69) is 26.2 Å². The van der Waals surface area contributed by atoms with Gasteiger partial charge in [0.05, 0.1) is 11.7 Å². The maximum atomic E-state index is 11.8. The maximum Gasteiger partial charge on any atom is 0.234 e. The van der Waals surface area contributed by atoms with Crippen molar-refractivity contribution in [3.63, 3.8) is 0 Å². The van der Waals surface area contributed by atoms with Gasteiger partial charge in [-0.15, -0.1) is 0 Å². The molecule has 108 valence electrons. The number of carbonyl (C=O) groups is 2. The standard InChI is InChI=1S/C14H11BrN2O3S/c15-9-3-5-10(6-4-9)17-12(18)8-21-13-11(14(19)20)2-1-7-16-13/h1-7H,8H2,(H,17,18)(H,19,20)/p-1. The number of aromatic nitrogens is 1. The number of benzene rings is 1. The second kappa shape index (κ2) is 7.24. The normalized spacial score (nSPS) is 10.1. The van der Waals surface area contributed by atoms with Crippen molar-refractivity contribution >= 4 is 45.3 Å². The van der Waals surface area contributed by atoms with Gasteiger partial charge in [0.1, 0.15) is 5.03 Å². The molecule has 1 aromatic carbocycles. The molecule has 0 saturated heterocycles. The number of pyridine rings is 1. The molecule has 1 N–H and O–H groups in total. The van der Waals surface area contributed by atoms with Crippen molar-refractivity contribution in [2.24, 2.45) is 0 Å².